The Hall–Kier alpha value is -2.77. The summed E-state index contributed by atoms with van der Waals surface area (Å²) in [6.45, 7) is 0. The number of carbonyl (C=O) groups excluding carboxylic acids is 1. The molecule has 0 fully saturated rings. The van der Waals surface area contributed by atoms with Crippen LogP contribution in [0.25, 0.3) is 10.9 Å². The molecule has 0 aliphatic heterocycles. The number of hydrogen-bond donors (Lipinski definition) is 1. The van der Waals surface area contributed by atoms with E-state index in [2.05, 4.69) is 47.1 Å². The van der Waals surface area contributed by atoms with Crippen molar-refractivity contribution < 1.29 is 9.53 Å². The lowest BCUT2D eigenvalue weighted by atomic mass is 10.2. The lowest BCUT2D eigenvalue weighted by Gasteiger charge is -2.10. The quantitative estimate of drug-likeness (QED) is 0.271. The van der Waals surface area contributed by atoms with Crippen molar-refractivity contribution in [3.8, 4) is 5.75 Å². The SMILES string of the molecule is O=C(Oc1cccc(Nc2ncnc3ccc(Br)cc23)c1)c1ccc(Br)cc1. The molecular weight excluding hydrogens is 486 g/mol. The van der Waals surface area contributed by atoms with Crippen molar-refractivity contribution in [1.29, 1.82) is 0 Å². The molecule has 7 heteroatoms. The fourth-order valence-corrected chi connectivity index (χ4v) is 3.28. The molecule has 0 aliphatic carbocycles. The summed E-state index contributed by atoms with van der Waals surface area (Å²) in [5.41, 5.74) is 2.06. The lowest BCUT2D eigenvalue weighted by molar-refractivity contribution is 0.0735. The van der Waals surface area contributed by atoms with Crippen molar-refractivity contribution in [2.45, 2.75) is 0 Å². The van der Waals surface area contributed by atoms with Gasteiger partial charge in [0.2, 0.25) is 0 Å². The number of carbonyl (C=O) groups is 1. The van der Waals surface area contributed by atoms with Crippen LogP contribution in [0, 0.1) is 0 Å². The van der Waals surface area contributed by atoms with Gasteiger partial charge in [0.1, 0.15) is 17.9 Å². The number of nitrogens with zero attached hydrogens (tertiary/aromatic N) is 2. The zero-order valence-corrected chi connectivity index (χ0v) is 17.6. The molecule has 4 aromatic rings. The summed E-state index contributed by atoms with van der Waals surface area (Å²) in [7, 11) is 0. The number of esters is 1. The number of benzene rings is 3. The monoisotopic (exact) mass is 497 g/mol. The Morgan fingerprint density at radius 1 is 0.893 bits per heavy atom. The zero-order valence-electron chi connectivity index (χ0n) is 14.4. The number of halogens is 2. The highest BCUT2D eigenvalue weighted by Gasteiger charge is 2.10. The van der Waals surface area contributed by atoms with Crippen LogP contribution in [0.1, 0.15) is 10.4 Å². The Bertz CT molecular complexity index is 1160. The number of fused-ring (bicyclic) bond motifs is 1. The van der Waals surface area contributed by atoms with Gasteiger partial charge < -0.3 is 10.1 Å². The molecule has 28 heavy (non-hydrogen) atoms. The molecule has 0 spiro atoms. The van der Waals surface area contributed by atoms with Crippen molar-refractivity contribution in [3.05, 3.63) is 87.6 Å². The van der Waals surface area contributed by atoms with Crippen LogP contribution in [0.15, 0.2) is 82.0 Å². The van der Waals surface area contributed by atoms with Crippen LogP contribution in [0.3, 0.4) is 0 Å². The van der Waals surface area contributed by atoms with Crippen LogP contribution >= 0.6 is 31.9 Å². The molecule has 4 rings (SSSR count). The fourth-order valence-electron chi connectivity index (χ4n) is 2.65. The van der Waals surface area contributed by atoms with Crippen LogP contribution < -0.4 is 10.1 Å². The minimum Gasteiger partial charge on any atom is -0.423 e. The number of rotatable bonds is 4. The van der Waals surface area contributed by atoms with E-state index in [1.165, 1.54) is 6.33 Å². The second kappa shape index (κ2) is 8.08. The van der Waals surface area contributed by atoms with Gasteiger partial charge >= 0.3 is 5.97 Å². The molecule has 0 bridgehead atoms. The van der Waals surface area contributed by atoms with Crippen molar-refractivity contribution in [1.82, 2.24) is 9.97 Å². The first kappa shape index (κ1) is 18.6. The van der Waals surface area contributed by atoms with Gasteiger partial charge in [-0.15, -0.1) is 0 Å². The Morgan fingerprint density at radius 2 is 1.68 bits per heavy atom. The molecule has 0 amide bonds. The number of ether oxygens (including phenoxy) is 1. The third kappa shape index (κ3) is 4.21. The maximum Gasteiger partial charge on any atom is 0.343 e. The molecular formula is C21H13Br2N3O2. The van der Waals surface area contributed by atoms with Crippen LogP contribution in [-0.4, -0.2) is 15.9 Å². The lowest BCUT2D eigenvalue weighted by Crippen LogP contribution is -2.08. The van der Waals surface area contributed by atoms with Crippen molar-refractivity contribution in [2.24, 2.45) is 0 Å². The van der Waals surface area contributed by atoms with Crippen LogP contribution in [0.5, 0.6) is 5.75 Å². The first-order chi connectivity index (χ1) is 13.6. The summed E-state index contributed by atoms with van der Waals surface area (Å²) in [5, 5.41) is 4.15. The topological polar surface area (TPSA) is 64.1 Å². The van der Waals surface area contributed by atoms with E-state index in [1.54, 1.807) is 36.4 Å². The molecule has 1 aromatic heterocycles. The molecule has 5 nitrogen and oxygen atoms in total. The molecule has 0 radical (unpaired) electrons. The van der Waals surface area contributed by atoms with Crippen molar-refractivity contribution in [2.75, 3.05) is 5.32 Å². The van der Waals surface area contributed by atoms with E-state index in [0.717, 1.165) is 25.5 Å². The molecule has 0 unspecified atom stereocenters. The van der Waals surface area contributed by atoms with E-state index in [1.807, 2.05) is 30.3 Å². The third-order valence-electron chi connectivity index (χ3n) is 3.98. The first-order valence-electron chi connectivity index (χ1n) is 8.33. The van der Waals surface area contributed by atoms with E-state index in [9.17, 15) is 4.79 Å². The summed E-state index contributed by atoms with van der Waals surface area (Å²) in [6.07, 6.45) is 1.51. The summed E-state index contributed by atoms with van der Waals surface area (Å²) in [6, 6.07) is 20.0. The second-order valence-electron chi connectivity index (χ2n) is 5.93. The van der Waals surface area contributed by atoms with Gasteiger partial charge in [-0.25, -0.2) is 14.8 Å². The Morgan fingerprint density at radius 3 is 2.50 bits per heavy atom. The molecule has 1 N–H and O–H groups in total. The van der Waals surface area contributed by atoms with E-state index in [4.69, 9.17) is 4.74 Å². The van der Waals surface area contributed by atoms with Gasteiger partial charge in [0.05, 0.1) is 11.1 Å². The molecule has 0 atom stereocenters. The van der Waals surface area contributed by atoms with E-state index in [-0.39, 0.29) is 0 Å². The smallest absolute Gasteiger partial charge is 0.343 e. The van der Waals surface area contributed by atoms with Gasteiger partial charge in [-0.05, 0) is 54.6 Å². The molecule has 0 aliphatic rings. The van der Waals surface area contributed by atoms with Crippen molar-refractivity contribution in [3.63, 3.8) is 0 Å². The fraction of sp³-hybridized carbons (Fsp3) is 0. The summed E-state index contributed by atoms with van der Waals surface area (Å²) in [5.74, 6) is 0.696. The third-order valence-corrected chi connectivity index (χ3v) is 5.01. The summed E-state index contributed by atoms with van der Waals surface area (Å²) < 4.78 is 7.33. The van der Waals surface area contributed by atoms with Gasteiger partial charge in [-0.1, -0.05) is 37.9 Å². The molecule has 3 aromatic carbocycles. The largest absolute Gasteiger partial charge is 0.423 e. The van der Waals surface area contributed by atoms with Gasteiger partial charge in [0.15, 0.2) is 0 Å². The molecule has 138 valence electrons. The molecule has 1 heterocycles. The predicted octanol–water partition coefficient (Wildman–Crippen LogP) is 6.12. The number of hydrogen-bond acceptors (Lipinski definition) is 5. The average Bonchev–Trinajstić information content (AvgIpc) is 2.69. The standard InChI is InChI=1S/C21H13Br2N3O2/c22-14-6-4-13(5-7-14)21(27)28-17-3-1-2-16(11-17)26-20-18-10-15(23)8-9-19(18)24-12-25-20/h1-12H,(H,24,25,26). The van der Waals surface area contributed by atoms with Crippen molar-refractivity contribution >= 4 is 60.2 Å². The minimum absolute atomic E-state index is 0.416. The normalized spacial score (nSPS) is 10.6. The van der Waals surface area contributed by atoms with Crippen LogP contribution in [-0.2, 0) is 0 Å². The van der Waals surface area contributed by atoms with Gasteiger partial charge in [0, 0.05) is 26.1 Å². The highest BCUT2D eigenvalue weighted by molar-refractivity contribution is 9.10. The molecule has 0 saturated heterocycles. The highest BCUT2D eigenvalue weighted by Crippen LogP contribution is 2.27. The Balaban J connectivity index is 1.57. The summed E-state index contributed by atoms with van der Waals surface area (Å²) in [4.78, 5) is 20.9. The van der Waals surface area contributed by atoms with E-state index >= 15 is 0 Å². The highest BCUT2D eigenvalue weighted by atomic mass is 79.9. The van der Waals surface area contributed by atoms with Crippen LogP contribution in [0.2, 0.25) is 0 Å². The Labute approximate surface area is 178 Å². The van der Waals surface area contributed by atoms with Gasteiger partial charge in [0.25, 0.3) is 0 Å². The maximum atomic E-state index is 12.3. The Kier molecular flexibility index (Phi) is 5.36. The van der Waals surface area contributed by atoms with Gasteiger partial charge in [-0.3, -0.25) is 0 Å². The summed E-state index contributed by atoms with van der Waals surface area (Å²) >= 11 is 6.82. The number of aromatic nitrogens is 2. The zero-order chi connectivity index (χ0) is 19.5. The molecule has 0 saturated carbocycles. The first-order valence-corrected chi connectivity index (χ1v) is 9.92. The van der Waals surface area contributed by atoms with Crippen LogP contribution in [0.4, 0.5) is 11.5 Å². The van der Waals surface area contributed by atoms with E-state index in [0.29, 0.717) is 17.1 Å². The van der Waals surface area contributed by atoms with Gasteiger partial charge in [-0.2, -0.15) is 0 Å². The van der Waals surface area contributed by atoms with E-state index < -0.39 is 5.97 Å². The number of anilines is 2. The average molecular weight is 499 g/mol. The minimum atomic E-state index is -0.416. The second-order valence-corrected chi connectivity index (χ2v) is 7.76. The predicted molar refractivity (Wildman–Crippen MR) is 116 cm³/mol. The maximum absolute atomic E-state index is 12.3. The number of nitrogens with one attached hydrogen (secondary N) is 1.